The van der Waals surface area contributed by atoms with Gasteiger partial charge in [-0.15, -0.1) is 0 Å². The van der Waals surface area contributed by atoms with Crippen molar-refractivity contribution in [2.75, 3.05) is 13.7 Å². The van der Waals surface area contributed by atoms with Crippen LogP contribution in [-0.2, 0) is 9.47 Å². The molecule has 0 saturated carbocycles. The van der Waals surface area contributed by atoms with Gasteiger partial charge in [-0.3, -0.25) is 0 Å². The number of hydrogen-bond donors (Lipinski definition) is 3. The van der Waals surface area contributed by atoms with Gasteiger partial charge >= 0.3 is 0 Å². The highest BCUT2D eigenvalue weighted by atomic mass is 123. The van der Waals surface area contributed by atoms with E-state index in [2.05, 4.69) is 0 Å². The Labute approximate surface area is 89.8 Å². The van der Waals surface area contributed by atoms with Gasteiger partial charge in [0.2, 0.25) is 0 Å². The molecule has 0 aromatic carbocycles. The Balaban J connectivity index is 2.66. The fraction of sp³-hybridized carbons (Fsp3) is 1.00. The largest absolute Gasteiger partial charge is 0.394 e. The van der Waals surface area contributed by atoms with Gasteiger partial charge in [-0.25, -0.2) is 0 Å². The van der Waals surface area contributed by atoms with Crippen LogP contribution < -0.4 is 0 Å². The van der Waals surface area contributed by atoms with Crippen LogP contribution in [0.3, 0.4) is 0 Å². The van der Waals surface area contributed by atoms with Crippen LogP contribution in [0.15, 0.2) is 0 Å². The lowest BCUT2D eigenvalue weighted by atomic mass is 10.0. The Hall–Kier alpha value is 0.530. The molecule has 0 radical (unpaired) electrons. The maximum Gasteiger partial charge on any atom is 0.186 e. The van der Waals surface area contributed by atoms with Gasteiger partial charge in [0.25, 0.3) is 0 Å². The molecule has 1 heterocycles. The fourth-order valence-electron chi connectivity index (χ4n) is 1.24. The summed E-state index contributed by atoms with van der Waals surface area (Å²) >= 11 is 1.94. The molecular weight excluding hydrogens is 287 g/mol. The van der Waals surface area contributed by atoms with Crippen molar-refractivity contribution in [1.82, 2.24) is 0 Å². The van der Waals surface area contributed by atoms with Gasteiger partial charge in [-0.05, 0) is 0 Å². The number of methoxy groups -OCH3 is 1. The van der Waals surface area contributed by atoms with E-state index in [4.69, 9.17) is 14.6 Å². The fourth-order valence-corrected chi connectivity index (χ4v) is 2.06. The third kappa shape index (κ3) is 2.31. The van der Waals surface area contributed by atoms with E-state index in [0.717, 1.165) is 0 Å². The summed E-state index contributed by atoms with van der Waals surface area (Å²) in [5, 5.41) is 27.9. The molecule has 13 heavy (non-hydrogen) atoms. The van der Waals surface area contributed by atoms with Gasteiger partial charge in [0.05, 0.1) is 22.7 Å². The highest BCUT2D eigenvalue weighted by Gasteiger charge is 2.42. The minimum Gasteiger partial charge on any atom is -0.394 e. The molecule has 0 aliphatic carbocycles. The molecule has 1 aliphatic heterocycles. The van der Waals surface area contributed by atoms with Gasteiger partial charge in [0, 0.05) is 7.11 Å². The second-order valence-corrected chi connectivity index (χ2v) is 4.33. The van der Waals surface area contributed by atoms with Gasteiger partial charge in [-0.1, -0.05) is 22.6 Å². The molecule has 0 bridgehead atoms. The van der Waals surface area contributed by atoms with Gasteiger partial charge in [-0.2, -0.15) is 0 Å². The average molecular weight is 300 g/mol. The molecule has 0 aromatic heterocycles. The molecule has 78 valence electrons. The molecule has 0 aromatic rings. The number of hydrogen-bond acceptors (Lipinski definition) is 5. The predicted molar refractivity (Wildman–Crippen MR) is 52.6 cm³/mol. The summed E-state index contributed by atoms with van der Waals surface area (Å²) in [6, 6.07) is 0. The van der Waals surface area contributed by atoms with E-state index in [1.165, 1.54) is 7.11 Å². The Morgan fingerprint density at radius 1 is 1.38 bits per heavy atom. The summed E-state index contributed by atoms with van der Waals surface area (Å²) in [5.41, 5.74) is 0. The van der Waals surface area contributed by atoms with Crippen molar-refractivity contribution < 1.29 is 24.8 Å². The second kappa shape index (κ2) is 4.85. The Morgan fingerprint density at radius 3 is 2.46 bits per heavy atom. The van der Waals surface area contributed by atoms with Crippen molar-refractivity contribution >= 4 is 22.6 Å². The third-order valence-corrected chi connectivity index (χ3v) is 3.57. The summed E-state index contributed by atoms with van der Waals surface area (Å²) in [5.74, 6) is 0. The smallest absolute Gasteiger partial charge is 0.186 e. The highest BCUT2D eigenvalue weighted by Crippen LogP contribution is 2.26. The zero-order valence-corrected chi connectivity index (χ0v) is 9.29. The van der Waals surface area contributed by atoms with Crippen LogP contribution in [-0.4, -0.2) is 57.6 Å². The Morgan fingerprint density at radius 2 is 2.00 bits per heavy atom. The van der Waals surface area contributed by atoms with Crippen LogP contribution in [0.5, 0.6) is 0 Å². The lowest BCUT2D eigenvalue weighted by Crippen LogP contribution is -2.56. The monoisotopic (exact) mass is 300 g/mol. The summed E-state index contributed by atoms with van der Waals surface area (Å²) in [4.78, 5) is 0. The predicted octanol–water partition coefficient (Wildman–Crippen LogP) is -1.12. The maximum absolute atomic E-state index is 9.52. The lowest BCUT2D eigenvalue weighted by molar-refractivity contribution is -0.257. The highest BCUT2D eigenvalue weighted by molar-refractivity contribution is 14.1. The van der Waals surface area contributed by atoms with E-state index in [1.807, 2.05) is 22.6 Å². The van der Waals surface area contributed by atoms with Crippen LogP contribution >= 0.6 is 22.6 Å². The summed E-state index contributed by atoms with van der Waals surface area (Å²) in [6.07, 6.45) is -3.35. The van der Waals surface area contributed by atoms with Crippen LogP contribution in [0.4, 0.5) is 0 Å². The van der Waals surface area contributed by atoms with E-state index >= 15 is 0 Å². The molecule has 3 N–H and O–H groups in total. The standard InChI is InChI=1S/C7H13IO5/c1-12-7-6(11)5(10)4(8)3(2-9)13-7/h3-7,9-11H,2H2,1H3/t3-,4-,5+,6+,7?/m1/s1/i8-4. The van der Waals surface area contributed by atoms with Crippen LogP contribution in [0.2, 0.25) is 0 Å². The van der Waals surface area contributed by atoms with Crippen molar-refractivity contribution in [1.29, 1.82) is 0 Å². The van der Waals surface area contributed by atoms with Crippen LogP contribution in [0.1, 0.15) is 0 Å². The van der Waals surface area contributed by atoms with Crippen molar-refractivity contribution in [2.45, 2.75) is 28.5 Å². The number of alkyl halides is 1. The molecule has 1 rings (SSSR count). The molecular formula is C7H13IO5. The minimum atomic E-state index is -1.06. The zero-order chi connectivity index (χ0) is 10.0. The van der Waals surface area contributed by atoms with E-state index in [1.54, 1.807) is 0 Å². The first-order valence-electron chi connectivity index (χ1n) is 3.91. The lowest BCUT2D eigenvalue weighted by Gasteiger charge is -2.39. The van der Waals surface area contributed by atoms with Crippen LogP contribution in [0, 0.1) is 0 Å². The topological polar surface area (TPSA) is 79.2 Å². The van der Waals surface area contributed by atoms with Gasteiger partial charge in [0.15, 0.2) is 6.29 Å². The molecule has 1 unspecified atom stereocenters. The zero-order valence-electron chi connectivity index (χ0n) is 7.13. The molecule has 1 aliphatic rings. The molecule has 0 spiro atoms. The van der Waals surface area contributed by atoms with Crippen molar-refractivity contribution in [3.63, 3.8) is 0 Å². The van der Waals surface area contributed by atoms with Crippen molar-refractivity contribution in [3.05, 3.63) is 0 Å². The van der Waals surface area contributed by atoms with Gasteiger partial charge in [0.1, 0.15) is 6.10 Å². The molecule has 0 amide bonds. The summed E-state index contributed by atoms with van der Waals surface area (Å²) in [7, 11) is 1.38. The second-order valence-electron chi connectivity index (χ2n) is 2.89. The van der Waals surface area contributed by atoms with E-state index in [9.17, 15) is 10.2 Å². The van der Waals surface area contributed by atoms with Crippen molar-refractivity contribution in [2.24, 2.45) is 0 Å². The summed E-state index contributed by atoms with van der Waals surface area (Å²) in [6.45, 7) is -0.197. The molecule has 5 atom stereocenters. The Bertz CT molecular complexity index is 147. The number of halogens is 1. The van der Waals surface area contributed by atoms with E-state index in [0.29, 0.717) is 0 Å². The summed E-state index contributed by atoms with van der Waals surface area (Å²) < 4.78 is 9.67. The number of aliphatic hydroxyl groups is 3. The van der Waals surface area contributed by atoms with Gasteiger partial charge < -0.3 is 24.8 Å². The molecule has 6 heteroatoms. The normalized spacial score (nSPS) is 46.4. The average Bonchev–Trinajstić information content (AvgIpc) is 2.15. The minimum absolute atomic E-state index is 0.197. The molecule has 1 saturated heterocycles. The number of rotatable bonds is 2. The number of ether oxygens (including phenoxy) is 2. The van der Waals surface area contributed by atoms with E-state index in [-0.39, 0.29) is 10.5 Å². The quantitative estimate of drug-likeness (QED) is 0.444. The van der Waals surface area contributed by atoms with E-state index < -0.39 is 24.6 Å². The molecule has 1 fully saturated rings. The van der Waals surface area contributed by atoms with Crippen molar-refractivity contribution in [3.8, 4) is 0 Å². The first kappa shape index (κ1) is 11.6. The number of aliphatic hydroxyl groups excluding tert-OH is 3. The molecule has 5 nitrogen and oxygen atoms in total. The van der Waals surface area contributed by atoms with Crippen LogP contribution in [0.25, 0.3) is 0 Å². The SMILES string of the molecule is COC1O[C@H](CO)[C@@H]([123I])[C@H](O)[C@@H]1O. The Kier molecular flexibility index (Phi) is 4.33. The first-order valence-corrected chi connectivity index (χ1v) is 5.15. The maximum atomic E-state index is 9.52. The third-order valence-electron chi connectivity index (χ3n) is 2.03. The first-order chi connectivity index (χ1) is 6.11.